The number of primary sulfonamides is 1. The highest BCUT2D eigenvalue weighted by Crippen LogP contribution is 2.40. The summed E-state index contributed by atoms with van der Waals surface area (Å²) in [5.41, 5.74) is 2.60. The second-order valence-corrected chi connectivity index (χ2v) is 11.3. The van der Waals surface area contributed by atoms with E-state index in [0.717, 1.165) is 5.69 Å². The summed E-state index contributed by atoms with van der Waals surface area (Å²) in [5.74, 6) is 5.12. The van der Waals surface area contributed by atoms with Crippen LogP contribution in [0.1, 0.15) is 35.7 Å². The monoisotopic (exact) mass is 529 g/mol. The van der Waals surface area contributed by atoms with Crippen LogP contribution in [0.4, 0.5) is 10.1 Å². The number of hydrogen-bond acceptors (Lipinski definition) is 8. The Morgan fingerprint density at radius 3 is 2.78 bits per heavy atom. The molecule has 0 amide bonds. The van der Waals surface area contributed by atoms with Crippen LogP contribution < -0.4 is 14.8 Å². The van der Waals surface area contributed by atoms with Gasteiger partial charge in [0.1, 0.15) is 36.1 Å². The van der Waals surface area contributed by atoms with Gasteiger partial charge in [-0.3, -0.25) is 0 Å². The number of aliphatic hydroxyl groups is 2. The van der Waals surface area contributed by atoms with E-state index in [9.17, 15) is 23.0 Å². The number of benzene rings is 1. The van der Waals surface area contributed by atoms with Crippen molar-refractivity contribution in [3.05, 3.63) is 47.3 Å². The van der Waals surface area contributed by atoms with E-state index < -0.39 is 40.0 Å². The van der Waals surface area contributed by atoms with Crippen LogP contribution >= 0.6 is 0 Å². The maximum Gasteiger partial charge on any atom is 0.209 e. The van der Waals surface area contributed by atoms with Crippen molar-refractivity contribution in [2.75, 3.05) is 30.9 Å². The van der Waals surface area contributed by atoms with Crippen LogP contribution in [-0.4, -0.2) is 71.3 Å². The van der Waals surface area contributed by atoms with E-state index in [-0.39, 0.29) is 17.7 Å². The number of aromatic nitrogens is 3. The Bertz CT molecular complexity index is 1530. The highest BCUT2D eigenvalue weighted by molar-refractivity contribution is 7.89. The lowest BCUT2D eigenvalue weighted by molar-refractivity contribution is 0.00631. The van der Waals surface area contributed by atoms with E-state index in [0.29, 0.717) is 47.6 Å². The van der Waals surface area contributed by atoms with Gasteiger partial charge < -0.3 is 24.4 Å². The summed E-state index contributed by atoms with van der Waals surface area (Å²) in [6.45, 7) is 2.91. The summed E-state index contributed by atoms with van der Waals surface area (Å²) >= 11 is 0. The van der Waals surface area contributed by atoms with Crippen LogP contribution in [0, 0.1) is 30.5 Å². The van der Waals surface area contributed by atoms with Crippen LogP contribution in [0.2, 0.25) is 0 Å². The number of aryl methyl sites for hydroxylation is 1. The maximum absolute atomic E-state index is 14.8. The topological polar surface area (TPSA) is 144 Å². The number of sulfonamides is 1. The van der Waals surface area contributed by atoms with Gasteiger partial charge in [-0.2, -0.15) is 0 Å². The molecule has 12 heteroatoms. The number of ether oxygens (including phenoxy) is 1. The number of aliphatic hydroxyl groups excluding tert-OH is 2. The third kappa shape index (κ3) is 4.75. The first-order valence-corrected chi connectivity index (χ1v) is 13.6. The molecule has 37 heavy (non-hydrogen) atoms. The molecule has 1 aromatic carbocycles. The van der Waals surface area contributed by atoms with Crippen molar-refractivity contribution in [1.29, 1.82) is 0 Å². The van der Waals surface area contributed by atoms with Crippen molar-refractivity contribution in [3.63, 3.8) is 0 Å². The molecule has 0 spiro atoms. The van der Waals surface area contributed by atoms with Gasteiger partial charge in [0.2, 0.25) is 10.0 Å². The molecule has 2 aliphatic rings. The van der Waals surface area contributed by atoms with Gasteiger partial charge in [0.15, 0.2) is 5.75 Å². The minimum Gasteiger partial charge on any atom is -0.488 e. The number of fused-ring (bicyclic) bond motifs is 2. The Morgan fingerprint density at radius 2 is 2.03 bits per heavy atom. The lowest BCUT2D eigenvalue weighted by Gasteiger charge is -2.28. The van der Waals surface area contributed by atoms with Crippen molar-refractivity contribution >= 4 is 26.7 Å². The molecule has 4 N–H and O–H groups in total. The Morgan fingerprint density at radius 1 is 1.24 bits per heavy atom. The second kappa shape index (κ2) is 9.57. The lowest BCUT2D eigenvalue weighted by atomic mass is 10.0. The minimum absolute atomic E-state index is 0.125. The molecule has 5 rings (SSSR count). The molecule has 0 saturated heterocycles. The molecule has 1 saturated carbocycles. The van der Waals surface area contributed by atoms with Crippen molar-refractivity contribution in [3.8, 4) is 17.6 Å². The van der Waals surface area contributed by atoms with Gasteiger partial charge >= 0.3 is 0 Å². The van der Waals surface area contributed by atoms with Crippen molar-refractivity contribution in [1.82, 2.24) is 14.5 Å². The first-order chi connectivity index (χ1) is 17.5. The average molecular weight is 530 g/mol. The van der Waals surface area contributed by atoms with Crippen molar-refractivity contribution < 1.29 is 27.8 Å². The SMILES string of the molecule is Cc1ncnc2c1c(C#Cc1c(F)ccc3c1OCCN3C)cn2[C@@H]1C[C@@H](CCS(N)(=O)=O)[C@@H](O)[C@H]1O. The molecule has 1 aliphatic carbocycles. The van der Waals surface area contributed by atoms with Gasteiger partial charge in [-0.1, -0.05) is 11.8 Å². The molecule has 3 heterocycles. The third-order valence-corrected chi connectivity index (χ3v) is 8.00. The molecule has 0 unspecified atom stereocenters. The molecule has 3 aromatic rings. The Labute approximate surface area is 213 Å². The number of anilines is 1. The summed E-state index contributed by atoms with van der Waals surface area (Å²) < 4.78 is 45.1. The molecule has 0 radical (unpaired) electrons. The number of hydrogen-bond donors (Lipinski definition) is 3. The van der Waals surface area contributed by atoms with Crippen molar-refractivity contribution in [2.45, 2.75) is 38.0 Å². The van der Waals surface area contributed by atoms with Gasteiger partial charge in [-0.05, 0) is 37.8 Å². The van der Waals surface area contributed by atoms with Gasteiger partial charge in [0, 0.05) is 13.2 Å². The van der Waals surface area contributed by atoms with Crippen LogP contribution in [0.3, 0.4) is 0 Å². The highest BCUT2D eigenvalue weighted by Gasteiger charge is 2.43. The Balaban J connectivity index is 1.55. The fourth-order valence-electron chi connectivity index (χ4n) is 5.21. The zero-order valence-electron chi connectivity index (χ0n) is 20.4. The quantitative estimate of drug-likeness (QED) is 0.426. The van der Waals surface area contributed by atoms with Gasteiger partial charge in [0.05, 0.1) is 46.8 Å². The number of nitrogens with zero attached hydrogens (tertiary/aromatic N) is 4. The maximum atomic E-state index is 14.8. The lowest BCUT2D eigenvalue weighted by Crippen LogP contribution is -2.30. The molecule has 2 aromatic heterocycles. The molecule has 0 bridgehead atoms. The first-order valence-electron chi connectivity index (χ1n) is 11.9. The standard InChI is InChI=1S/C25H28FN5O5S/c1-14-21-16(3-4-17-18(26)5-6-19-24(17)36-9-8-30(19)2)12-31(25(21)29-13-28-14)20-11-15(22(32)23(20)33)7-10-37(27,34)35/h5-6,12-13,15,20,22-23,32-33H,7-11H2,1-2H3,(H2,27,34,35)/t15-,20-,22-,23+/m1/s1. The van der Waals surface area contributed by atoms with E-state index in [1.165, 1.54) is 12.4 Å². The van der Waals surface area contributed by atoms with Crippen molar-refractivity contribution in [2.24, 2.45) is 11.1 Å². The summed E-state index contributed by atoms with van der Waals surface area (Å²) in [5, 5.41) is 27.2. The highest BCUT2D eigenvalue weighted by atomic mass is 32.2. The molecular weight excluding hydrogens is 501 g/mol. The molecular formula is C25H28FN5O5S. The fraction of sp³-hybridized carbons (Fsp3) is 0.440. The zero-order chi connectivity index (χ0) is 26.5. The van der Waals surface area contributed by atoms with Crippen LogP contribution in [0.5, 0.6) is 5.75 Å². The van der Waals surface area contributed by atoms with E-state index >= 15 is 0 Å². The largest absolute Gasteiger partial charge is 0.488 e. The average Bonchev–Trinajstić information content (AvgIpc) is 3.35. The van der Waals surface area contributed by atoms with E-state index in [4.69, 9.17) is 9.88 Å². The molecule has 10 nitrogen and oxygen atoms in total. The Kier molecular flexibility index (Phi) is 6.57. The second-order valence-electron chi connectivity index (χ2n) is 9.60. The Hall–Kier alpha value is -3.24. The first kappa shape index (κ1) is 25.4. The van der Waals surface area contributed by atoms with Gasteiger partial charge in [-0.15, -0.1) is 0 Å². The predicted octanol–water partition coefficient (Wildman–Crippen LogP) is 1.07. The third-order valence-electron chi connectivity index (χ3n) is 7.19. The molecule has 1 fully saturated rings. The zero-order valence-corrected chi connectivity index (χ0v) is 21.2. The fourth-order valence-corrected chi connectivity index (χ4v) is 5.84. The molecule has 1 aliphatic heterocycles. The molecule has 196 valence electrons. The van der Waals surface area contributed by atoms with E-state index in [1.807, 2.05) is 11.9 Å². The summed E-state index contributed by atoms with van der Waals surface area (Å²) in [4.78, 5) is 10.7. The summed E-state index contributed by atoms with van der Waals surface area (Å²) in [7, 11) is -1.80. The summed E-state index contributed by atoms with van der Waals surface area (Å²) in [6.07, 6.45) is 1.28. The number of nitrogens with two attached hydrogens (primary N) is 1. The van der Waals surface area contributed by atoms with Crippen LogP contribution in [-0.2, 0) is 10.0 Å². The summed E-state index contributed by atoms with van der Waals surface area (Å²) in [6, 6.07) is 2.45. The predicted molar refractivity (Wildman–Crippen MR) is 135 cm³/mol. The normalized spacial score (nSPS) is 23.5. The van der Waals surface area contributed by atoms with Crippen LogP contribution in [0.25, 0.3) is 11.0 Å². The van der Waals surface area contributed by atoms with Crippen LogP contribution in [0.15, 0.2) is 24.7 Å². The van der Waals surface area contributed by atoms with Gasteiger partial charge in [-0.25, -0.2) is 27.9 Å². The number of halogens is 1. The molecule has 4 atom stereocenters. The van der Waals surface area contributed by atoms with Gasteiger partial charge in [0.25, 0.3) is 0 Å². The number of likely N-dealkylation sites (N-methyl/N-ethyl adjacent to an activating group) is 1. The number of rotatable bonds is 4. The minimum atomic E-state index is -3.70. The van der Waals surface area contributed by atoms with E-state index in [1.54, 1.807) is 23.8 Å². The van der Waals surface area contributed by atoms with E-state index in [2.05, 4.69) is 21.8 Å². The smallest absolute Gasteiger partial charge is 0.209 e.